The number of hydrogen-bond donors (Lipinski definition) is 1. The Kier molecular flexibility index (Phi) is 11.2. The largest absolute Gasteiger partial charge is 0.497 e. The molecule has 0 aliphatic carbocycles. The summed E-state index contributed by atoms with van der Waals surface area (Å²) in [6.07, 6.45) is 1.36. The first kappa shape index (κ1) is 28.3. The van der Waals surface area contributed by atoms with Gasteiger partial charge in [-0.05, 0) is 63.2 Å². The zero-order chi connectivity index (χ0) is 25.8. The van der Waals surface area contributed by atoms with E-state index >= 15 is 0 Å². The fourth-order valence-corrected chi connectivity index (χ4v) is 5.15. The number of sulfonamides is 1. The summed E-state index contributed by atoms with van der Waals surface area (Å²) >= 11 is 0. The zero-order valence-electron chi connectivity index (χ0n) is 20.8. The molecule has 0 heterocycles. The van der Waals surface area contributed by atoms with E-state index in [4.69, 9.17) is 9.47 Å². The number of esters is 1. The molecule has 10 heteroatoms. The summed E-state index contributed by atoms with van der Waals surface area (Å²) in [5.41, 5.74) is 0.745. The molecule has 2 aromatic carbocycles. The summed E-state index contributed by atoms with van der Waals surface area (Å²) in [7, 11) is 2.32. The van der Waals surface area contributed by atoms with Gasteiger partial charge in [-0.2, -0.15) is 4.31 Å². The van der Waals surface area contributed by atoms with Crippen molar-refractivity contribution in [2.45, 2.75) is 36.7 Å². The van der Waals surface area contributed by atoms with Crippen molar-refractivity contribution in [1.29, 1.82) is 0 Å². The average Bonchev–Trinajstić information content (AvgIpc) is 2.84. The third kappa shape index (κ3) is 8.65. The smallest absolute Gasteiger partial charge is 0.324 e. The summed E-state index contributed by atoms with van der Waals surface area (Å²) in [6, 6.07) is 14.1. The second-order valence-electron chi connectivity index (χ2n) is 8.33. The minimum Gasteiger partial charge on any atom is -0.497 e. The standard InChI is InChI=1S/C25H35N3O6S/c1-27(2)19-24(29)26-17-9-8-12-23(25(30)34-4)28(18-20-10-6-5-7-11-20)35(31,32)22-15-13-21(33-3)14-16-22/h5-7,10-11,13-16,23H,8-9,12,17-19H2,1-4H3,(H,26,29)/t23-/m1/s1. The number of nitrogens with zero attached hydrogens (tertiary/aromatic N) is 2. The van der Waals surface area contributed by atoms with E-state index in [0.717, 1.165) is 5.56 Å². The van der Waals surface area contributed by atoms with Crippen LogP contribution in [-0.4, -0.2) is 76.9 Å². The molecule has 2 rings (SSSR count). The molecule has 2 aromatic rings. The Morgan fingerprint density at radius 1 is 0.971 bits per heavy atom. The van der Waals surface area contributed by atoms with Crippen LogP contribution in [0.2, 0.25) is 0 Å². The highest BCUT2D eigenvalue weighted by molar-refractivity contribution is 7.89. The molecule has 1 amide bonds. The van der Waals surface area contributed by atoms with Gasteiger partial charge in [0.05, 0.1) is 25.7 Å². The van der Waals surface area contributed by atoms with E-state index in [9.17, 15) is 18.0 Å². The van der Waals surface area contributed by atoms with Crippen molar-refractivity contribution in [3.63, 3.8) is 0 Å². The highest BCUT2D eigenvalue weighted by atomic mass is 32.2. The number of hydrogen-bond acceptors (Lipinski definition) is 7. The van der Waals surface area contributed by atoms with E-state index in [2.05, 4.69) is 5.32 Å². The molecule has 0 spiro atoms. The lowest BCUT2D eigenvalue weighted by Crippen LogP contribution is -2.45. The third-order valence-electron chi connectivity index (χ3n) is 5.35. The van der Waals surface area contributed by atoms with E-state index < -0.39 is 22.0 Å². The van der Waals surface area contributed by atoms with Gasteiger partial charge in [-0.3, -0.25) is 9.59 Å². The maximum Gasteiger partial charge on any atom is 0.324 e. The second-order valence-corrected chi connectivity index (χ2v) is 10.2. The van der Waals surface area contributed by atoms with Crippen LogP contribution in [0.1, 0.15) is 24.8 Å². The van der Waals surface area contributed by atoms with Gasteiger partial charge in [0.1, 0.15) is 11.8 Å². The van der Waals surface area contributed by atoms with E-state index in [1.54, 1.807) is 17.0 Å². The highest BCUT2D eigenvalue weighted by Gasteiger charge is 2.36. The number of methoxy groups -OCH3 is 2. The first-order chi connectivity index (χ1) is 16.7. The van der Waals surface area contributed by atoms with E-state index in [0.29, 0.717) is 25.1 Å². The molecule has 1 atom stereocenters. The maximum absolute atomic E-state index is 13.7. The molecule has 0 saturated carbocycles. The molecular formula is C25H35N3O6S. The minimum absolute atomic E-state index is 0.00847. The van der Waals surface area contributed by atoms with Crippen molar-refractivity contribution >= 4 is 21.9 Å². The lowest BCUT2D eigenvalue weighted by molar-refractivity contribution is -0.145. The van der Waals surface area contributed by atoms with Crippen molar-refractivity contribution in [1.82, 2.24) is 14.5 Å². The summed E-state index contributed by atoms with van der Waals surface area (Å²) in [5, 5.41) is 2.83. The predicted octanol–water partition coefficient (Wildman–Crippen LogP) is 2.28. The van der Waals surface area contributed by atoms with Gasteiger partial charge >= 0.3 is 5.97 Å². The SMILES string of the molecule is COC(=O)[C@@H](CCCCNC(=O)CN(C)C)N(Cc1ccccc1)S(=O)(=O)c1ccc(OC)cc1. The Labute approximate surface area is 208 Å². The molecule has 0 bridgehead atoms. The van der Waals surface area contributed by atoms with Gasteiger partial charge in [0, 0.05) is 13.1 Å². The van der Waals surface area contributed by atoms with Crippen molar-refractivity contribution in [3.05, 3.63) is 60.2 Å². The molecule has 35 heavy (non-hydrogen) atoms. The van der Waals surface area contributed by atoms with Crippen LogP contribution in [0.15, 0.2) is 59.5 Å². The number of rotatable bonds is 14. The van der Waals surface area contributed by atoms with Gasteiger partial charge in [-0.25, -0.2) is 8.42 Å². The maximum atomic E-state index is 13.7. The van der Waals surface area contributed by atoms with Gasteiger partial charge in [-0.15, -0.1) is 0 Å². The summed E-state index contributed by atoms with van der Waals surface area (Å²) in [6.45, 7) is 0.731. The van der Waals surface area contributed by atoms with Crippen molar-refractivity contribution < 1.29 is 27.5 Å². The minimum atomic E-state index is -4.05. The summed E-state index contributed by atoms with van der Waals surface area (Å²) in [4.78, 5) is 26.4. The fourth-order valence-electron chi connectivity index (χ4n) is 3.56. The Balaban J connectivity index is 2.25. The molecule has 0 aliphatic heterocycles. The Bertz CT molecular complexity index is 1040. The Hall–Kier alpha value is -2.95. The quantitative estimate of drug-likeness (QED) is 0.310. The Morgan fingerprint density at radius 3 is 2.20 bits per heavy atom. The zero-order valence-corrected chi connectivity index (χ0v) is 21.6. The molecule has 1 N–H and O–H groups in total. The number of nitrogens with one attached hydrogen (secondary N) is 1. The molecule has 0 unspecified atom stereocenters. The van der Waals surface area contributed by atoms with Crippen LogP contribution in [0.5, 0.6) is 5.75 Å². The molecule has 0 fully saturated rings. The highest BCUT2D eigenvalue weighted by Crippen LogP contribution is 2.26. The number of amides is 1. The fraction of sp³-hybridized carbons (Fsp3) is 0.440. The molecule has 9 nitrogen and oxygen atoms in total. The van der Waals surface area contributed by atoms with Crippen LogP contribution in [0.4, 0.5) is 0 Å². The van der Waals surface area contributed by atoms with Gasteiger partial charge < -0.3 is 19.7 Å². The second kappa shape index (κ2) is 13.8. The van der Waals surface area contributed by atoms with Gasteiger partial charge in [0.15, 0.2) is 0 Å². The molecule has 0 radical (unpaired) electrons. The topological polar surface area (TPSA) is 105 Å². The van der Waals surface area contributed by atoms with Crippen LogP contribution in [0.25, 0.3) is 0 Å². The van der Waals surface area contributed by atoms with Crippen LogP contribution >= 0.6 is 0 Å². The Morgan fingerprint density at radius 2 is 1.63 bits per heavy atom. The lowest BCUT2D eigenvalue weighted by Gasteiger charge is -2.29. The molecule has 0 aromatic heterocycles. The van der Waals surface area contributed by atoms with Crippen LogP contribution in [0.3, 0.4) is 0 Å². The molecule has 0 saturated heterocycles. The van der Waals surface area contributed by atoms with E-state index in [1.807, 2.05) is 44.4 Å². The van der Waals surface area contributed by atoms with Crippen molar-refractivity contribution in [2.75, 3.05) is 41.4 Å². The van der Waals surface area contributed by atoms with Crippen LogP contribution in [0, 0.1) is 0 Å². The summed E-state index contributed by atoms with van der Waals surface area (Å²) in [5.74, 6) is -0.193. The number of unbranched alkanes of at least 4 members (excludes halogenated alkanes) is 1. The molecule has 0 aliphatic rings. The van der Waals surface area contributed by atoms with Crippen molar-refractivity contribution in [3.8, 4) is 5.75 Å². The number of carbonyl (C=O) groups is 2. The molecule has 192 valence electrons. The van der Waals surface area contributed by atoms with Crippen LogP contribution < -0.4 is 10.1 Å². The predicted molar refractivity (Wildman–Crippen MR) is 133 cm³/mol. The van der Waals surface area contributed by atoms with Crippen molar-refractivity contribution in [2.24, 2.45) is 0 Å². The van der Waals surface area contributed by atoms with Gasteiger partial charge in [0.25, 0.3) is 0 Å². The molecular weight excluding hydrogens is 470 g/mol. The van der Waals surface area contributed by atoms with E-state index in [-0.39, 0.29) is 30.3 Å². The monoisotopic (exact) mass is 505 g/mol. The number of carbonyl (C=O) groups excluding carboxylic acids is 2. The number of ether oxygens (including phenoxy) is 2. The third-order valence-corrected chi connectivity index (χ3v) is 7.22. The van der Waals surface area contributed by atoms with Gasteiger partial charge in [0.2, 0.25) is 15.9 Å². The number of benzene rings is 2. The lowest BCUT2D eigenvalue weighted by atomic mass is 10.1. The van der Waals surface area contributed by atoms with Crippen LogP contribution in [-0.2, 0) is 30.9 Å². The normalized spacial score (nSPS) is 12.4. The first-order valence-electron chi connectivity index (χ1n) is 11.4. The number of likely N-dealkylation sites (N-methyl/N-ethyl adjacent to an activating group) is 1. The average molecular weight is 506 g/mol. The van der Waals surface area contributed by atoms with Gasteiger partial charge in [-0.1, -0.05) is 30.3 Å². The van der Waals surface area contributed by atoms with E-state index in [1.165, 1.54) is 30.7 Å². The first-order valence-corrected chi connectivity index (χ1v) is 12.8. The summed E-state index contributed by atoms with van der Waals surface area (Å²) < 4.78 is 38.7.